The van der Waals surface area contributed by atoms with E-state index in [1.54, 1.807) is 11.8 Å². The number of carbonyl (C=O) groups excluding carboxylic acids is 2. The van der Waals surface area contributed by atoms with Crippen molar-refractivity contribution in [1.82, 2.24) is 9.80 Å². The van der Waals surface area contributed by atoms with Gasteiger partial charge in [-0.3, -0.25) is 9.59 Å². The first-order valence-electron chi connectivity index (χ1n) is 8.79. The van der Waals surface area contributed by atoms with E-state index in [0.29, 0.717) is 6.54 Å². The van der Waals surface area contributed by atoms with Gasteiger partial charge in [-0.25, -0.2) is 4.79 Å². The van der Waals surface area contributed by atoms with E-state index in [1.807, 2.05) is 37.3 Å². The summed E-state index contributed by atoms with van der Waals surface area (Å²) in [5.74, 6) is -1.71. The van der Waals surface area contributed by atoms with Crippen LogP contribution in [0.3, 0.4) is 0 Å². The highest BCUT2D eigenvalue weighted by atomic mass is 16.4. The number of hydrogen-bond donors (Lipinski definition) is 1. The van der Waals surface area contributed by atoms with Crippen molar-refractivity contribution in [3.8, 4) is 0 Å². The summed E-state index contributed by atoms with van der Waals surface area (Å²) < 4.78 is 0. The third kappa shape index (κ3) is 3.52. The van der Waals surface area contributed by atoms with Crippen LogP contribution in [-0.4, -0.2) is 51.3 Å². The van der Waals surface area contributed by atoms with Crippen molar-refractivity contribution in [1.29, 1.82) is 0 Å². The standard InChI is InChI=1S/C19H24N2O4/c1-12(14-6-4-3-5-7-14)20-11-15(10-17(20)22)18(23)21(16-8-9-16)13(2)19(24)25/h3-7,12-13,15-16H,8-11H2,1-2H3,(H,24,25). The molecule has 0 spiro atoms. The molecule has 1 N–H and O–H groups in total. The molecule has 1 saturated heterocycles. The van der Waals surface area contributed by atoms with Gasteiger partial charge in [-0.15, -0.1) is 0 Å². The van der Waals surface area contributed by atoms with Crippen LogP contribution in [0.1, 0.15) is 44.7 Å². The summed E-state index contributed by atoms with van der Waals surface area (Å²) in [6, 6.07) is 8.78. The quantitative estimate of drug-likeness (QED) is 0.857. The summed E-state index contributed by atoms with van der Waals surface area (Å²) in [5.41, 5.74) is 1.03. The molecule has 3 rings (SSSR count). The molecule has 2 fully saturated rings. The lowest BCUT2D eigenvalue weighted by Crippen LogP contribution is -2.47. The molecule has 134 valence electrons. The second kappa shape index (κ2) is 6.86. The molecule has 3 unspecified atom stereocenters. The Kier molecular flexibility index (Phi) is 4.79. The molecule has 3 atom stereocenters. The average Bonchev–Trinajstić information content (AvgIpc) is 3.36. The highest BCUT2D eigenvalue weighted by Crippen LogP contribution is 2.34. The van der Waals surface area contributed by atoms with Crippen molar-refractivity contribution < 1.29 is 19.5 Å². The van der Waals surface area contributed by atoms with Crippen LogP contribution in [0, 0.1) is 5.92 Å². The maximum atomic E-state index is 12.9. The number of carboxylic acid groups (broad SMARTS) is 1. The summed E-state index contributed by atoms with van der Waals surface area (Å²) in [5, 5.41) is 9.29. The Bertz CT molecular complexity index is 671. The van der Waals surface area contributed by atoms with Crippen LogP contribution in [0.25, 0.3) is 0 Å². The molecule has 1 aliphatic heterocycles. The van der Waals surface area contributed by atoms with Crippen molar-refractivity contribution in [2.45, 2.75) is 51.2 Å². The predicted octanol–water partition coefficient (Wildman–Crippen LogP) is 2.06. The third-order valence-corrected chi connectivity index (χ3v) is 5.23. The van der Waals surface area contributed by atoms with Crippen LogP contribution < -0.4 is 0 Å². The minimum atomic E-state index is -1.00. The normalized spacial score (nSPS) is 22.6. The highest BCUT2D eigenvalue weighted by molar-refractivity contribution is 5.91. The first kappa shape index (κ1) is 17.5. The number of carboxylic acids is 1. The molecule has 25 heavy (non-hydrogen) atoms. The van der Waals surface area contributed by atoms with Crippen molar-refractivity contribution >= 4 is 17.8 Å². The number of aliphatic carboxylic acids is 1. The maximum absolute atomic E-state index is 12.9. The lowest BCUT2D eigenvalue weighted by Gasteiger charge is -2.30. The number of likely N-dealkylation sites (tertiary alicyclic amines) is 1. The number of nitrogens with zero attached hydrogens (tertiary/aromatic N) is 2. The molecule has 1 aliphatic carbocycles. The number of benzene rings is 1. The van der Waals surface area contributed by atoms with Gasteiger partial charge in [-0.05, 0) is 32.3 Å². The van der Waals surface area contributed by atoms with Crippen LogP contribution in [0.15, 0.2) is 30.3 Å². The highest BCUT2D eigenvalue weighted by Gasteiger charge is 2.45. The van der Waals surface area contributed by atoms with Crippen LogP contribution >= 0.6 is 0 Å². The van der Waals surface area contributed by atoms with Gasteiger partial charge >= 0.3 is 5.97 Å². The van der Waals surface area contributed by atoms with E-state index in [-0.39, 0.29) is 30.3 Å². The van der Waals surface area contributed by atoms with Gasteiger partial charge in [-0.1, -0.05) is 30.3 Å². The van der Waals surface area contributed by atoms with Crippen molar-refractivity contribution in [3.63, 3.8) is 0 Å². The fourth-order valence-electron chi connectivity index (χ4n) is 3.55. The number of hydrogen-bond acceptors (Lipinski definition) is 3. The zero-order valence-corrected chi connectivity index (χ0v) is 14.6. The van der Waals surface area contributed by atoms with Crippen LogP contribution in [0.5, 0.6) is 0 Å². The lowest BCUT2D eigenvalue weighted by atomic mass is 10.1. The molecular formula is C19H24N2O4. The van der Waals surface area contributed by atoms with E-state index in [1.165, 1.54) is 4.90 Å². The van der Waals surface area contributed by atoms with Gasteiger partial charge in [0.1, 0.15) is 6.04 Å². The second-order valence-corrected chi connectivity index (χ2v) is 7.02. The molecule has 6 nitrogen and oxygen atoms in total. The molecule has 0 radical (unpaired) electrons. The summed E-state index contributed by atoms with van der Waals surface area (Å²) in [4.78, 5) is 39.9. The number of carbonyl (C=O) groups is 3. The monoisotopic (exact) mass is 344 g/mol. The molecule has 6 heteroatoms. The van der Waals surface area contributed by atoms with E-state index < -0.39 is 17.9 Å². The van der Waals surface area contributed by atoms with Crippen molar-refractivity contribution in [2.75, 3.05) is 6.54 Å². The van der Waals surface area contributed by atoms with E-state index in [0.717, 1.165) is 18.4 Å². The zero-order valence-electron chi connectivity index (χ0n) is 14.6. The SMILES string of the molecule is CC(c1ccccc1)N1CC(C(=O)N(C2CC2)C(C)C(=O)O)CC1=O. The Morgan fingerprint density at radius 3 is 2.40 bits per heavy atom. The molecule has 1 heterocycles. The van der Waals surface area contributed by atoms with Gasteiger partial charge in [0.15, 0.2) is 0 Å². The minimum Gasteiger partial charge on any atom is -0.480 e. The second-order valence-electron chi connectivity index (χ2n) is 7.02. The topological polar surface area (TPSA) is 77.9 Å². The number of amides is 2. The molecule has 0 bridgehead atoms. The molecule has 2 aliphatic rings. The van der Waals surface area contributed by atoms with E-state index in [4.69, 9.17) is 0 Å². The fourth-order valence-corrected chi connectivity index (χ4v) is 3.55. The number of rotatable bonds is 6. The average molecular weight is 344 g/mol. The molecule has 0 aromatic heterocycles. The Morgan fingerprint density at radius 2 is 1.84 bits per heavy atom. The summed E-state index contributed by atoms with van der Waals surface area (Å²) >= 11 is 0. The smallest absolute Gasteiger partial charge is 0.326 e. The Balaban J connectivity index is 1.73. The van der Waals surface area contributed by atoms with Crippen LogP contribution in [0.4, 0.5) is 0 Å². The Morgan fingerprint density at radius 1 is 1.20 bits per heavy atom. The first-order valence-corrected chi connectivity index (χ1v) is 8.79. The van der Waals surface area contributed by atoms with Crippen LogP contribution in [0.2, 0.25) is 0 Å². The van der Waals surface area contributed by atoms with Gasteiger partial charge in [0, 0.05) is 19.0 Å². The summed E-state index contributed by atoms with van der Waals surface area (Å²) in [6.45, 7) is 3.85. The molecule has 1 saturated carbocycles. The predicted molar refractivity (Wildman–Crippen MR) is 91.6 cm³/mol. The van der Waals surface area contributed by atoms with E-state index in [2.05, 4.69) is 0 Å². The summed E-state index contributed by atoms with van der Waals surface area (Å²) in [6.07, 6.45) is 1.84. The van der Waals surface area contributed by atoms with E-state index in [9.17, 15) is 19.5 Å². The van der Waals surface area contributed by atoms with Crippen molar-refractivity contribution in [3.05, 3.63) is 35.9 Å². The van der Waals surface area contributed by atoms with Gasteiger partial charge in [0.2, 0.25) is 11.8 Å². The maximum Gasteiger partial charge on any atom is 0.326 e. The zero-order chi connectivity index (χ0) is 18.1. The Hall–Kier alpha value is -2.37. The van der Waals surface area contributed by atoms with Gasteiger partial charge in [0.05, 0.1) is 12.0 Å². The van der Waals surface area contributed by atoms with Crippen LogP contribution in [-0.2, 0) is 14.4 Å². The van der Waals surface area contributed by atoms with Gasteiger partial charge < -0.3 is 14.9 Å². The first-order chi connectivity index (χ1) is 11.9. The largest absolute Gasteiger partial charge is 0.480 e. The summed E-state index contributed by atoms with van der Waals surface area (Å²) in [7, 11) is 0. The molecule has 1 aromatic carbocycles. The lowest BCUT2D eigenvalue weighted by molar-refractivity contribution is -0.151. The Labute approximate surface area is 147 Å². The molecule has 2 amide bonds. The molecular weight excluding hydrogens is 320 g/mol. The van der Waals surface area contributed by atoms with Crippen molar-refractivity contribution in [2.24, 2.45) is 5.92 Å². The third-order valence-electron chi connectivity index (χ3n) is 5.23. The fraction of sp³-hybridized carbons (Fsp3) is 0.526. The minimum absolute atomic E-state index is 0.00861. The van der Waals surface area contributed by atoms with Gasteiger partial charge in [-0.2, -0.15) is 0 Å². The van der Waals surface area contributed by atoms with E-state index >= 15 is 0 Å². The van der Waals surface area contributed by atoms with Gasteiger partial charge in [0.25, 0.3) is 0 Å². The molecule has 1 aromatic rings.